The summed E-state index contributed by atoms with van der Waals surface area (Å²) in [4.78, 5) is 24.5. The Morgan fingerprint density at radius 2 is 2.28 bits per heavy atom. The fraction of sp³-hybridized carbons (Fsp3) is 0.833. The highest BCUT2D eigenvalue weighted by atomic mass is 32.2. The molecule has 0 aromatic heterocycles. The minimum absolute atomic E-state index is 0.119. The molecule has 2 saturated heterocycles. The number of likely N-dealkylation sites (tertiary alicyclic amines) is 1. The van der Waals surface area contributed by atoms with Crippen LogP contribution in [0.15, 0.2) is 0 Å². The number of hydrogen-bond donors (Lipinski definition) is 2. The number of carboxylic acid groups (broad SMARTS) is 1. The standard InChI is InChI=1S/C12H20N2O3S/c1-12(5-3-7-18-12)8-13-11(17)14-6-2-4-9(14)10(15)16/h9H,2-8H2,1H3,(H,13,17)(H,15,16). The Balaban J connectivity index is 1.86. The third-order valence-corrected chi connectivity index (χ3v) is 5.25. The molecule has 5 nitrogen and oxygen atoms in total. The third-order valence-electron chi connectivity index (χ3n) is 3.71. The number of rotatable bonds is 3. The molecule has 0 aromatic rings. The number of carbonyl (C=O) groups is 2. The molecule has 2 atom stereocenters. The highest BCUT2D eigenvalue weighted by Crippen LogP contribution is 2.37. The fourth-order valence-corrected chi connectivity index (χ4v) is 3.85. The lowest BCUT2D eigenvalue weighted by Crippen LogP contribution is -2.48. The first-order valence-electron chi connectivity index (χ1n) is 6.43. The van der Waals surface area contributed by atoms with E-state index in [-0.39, 0.29) is 10.8 Å². The zero-order chi connectivity index (χ0) is 13.2. The third kappa shape index (κ3) is 2.91. The first kappa shape index (κ1) is 13.5. The molecule has 2 amide bonds. The molecular formula is C12H20N2O3S. The first-order chi connectivity index (χ1) is 8.52. The molecule has 18 heavy (non-hydrogen) atoms. The second kappa shape index (κ2) is 5.38. The van der Waals surface area contributed by atoms with E-state index in [9.17, 15) is 9.59 Å². The van der Waals surface area contributed by atoms with Gasteiger partial charge in [0.2, 0.25) is 0 Å². The molecule has 0 spiro atoms. The molecule has 2 heterocycles. The average molecular weight is 272 g/mol. The number of thioether (sulfide) groups is 1. The number of nitrogens with zero attached hydrogens (tertiary/aromatic N) is 1. The van der Waals surface area contributed by atoms with Gasteiger partial charge in [-0.05, 0) is 38.4 Å². The number of aliphatic carboxylic acids is 1. The van der Waals surface area contributed by atoms with Crippen molar-refractivity contribution in [2.75, 3.05) is 18.8 Å². The summed E-state index contributed by atoms with van der Waals surface area (Å²) in [5, 5.41) is 11.9. The van der Waals surface area contributed by atoms with Gasteiger partial charge in [-0.2, -0.15) is 11.8 Å². The maximum atomic E-state index is 12.0. The van der Waals surface area contributed by atoms with E-state index in [2.05, 4.69) is 12.2 Å². The van der Waals surface area contributed by atoms with Crippen LogP contribution in [0.3, 0.4) is 0 Å². The van der Waals surface area contributed by atoms with Gasteiger partial charge in [0.25, 0.3) is 0 Å². The molecule has 6 heteroatoms. The molecule has 0 radical (unpaired) electrons. The van der Waals surface area contributed by atoms with Crippen molar-refractivity contribution in [3.05, 3.63) is 0 Å². The molecule has 2 aliphatic rings. The predicted molar refractivity (Wildman–Crippen MR) is 70.9 cm³/mol. The van der Waals surface area contributed by atoms with E-state index < -0.39 is 12.0 Å². The number of amides is 2. The Morgan fingerprint density at radius 1 is 1.50 bits per heavy atom. The molecule has 0 saturated carbocycles. The van der Waals surface area contributed by atoms with Crippen LogP contribution in [-0.2, 0) is 4.79 Å². The van der Waals surface area contributed by atoms with Gasteiger partial charge in [0.05, 0.1) is 0 Å². The van der Waals surface area contributed by atoms with Crippen molar-refractivity contribution >= 4 is 23.8 Å². The summed E-state index contributed by atoms with van der Waals surface area (Å²) >= 11 is 1.89. The molecule has 2 N–H and O–H groups in total. The number of hydrogen-bond acceptors (Lipinski definition) is 3. The molecule has 0 bridgehead atoms. The van der Waals surface area contributed by atoms with Crippen LogP contribution in [0, 0.1) is 0 Å². The van der Waals surface area contributed by atoms with Gasteiger partial charge in [-0.25, -0.2) is 9.59 Å². The lowest BCUT2D eigenvalue weighted by atomic mass is 10.1. The van der Waals surface area contributed by atoms with Gasteiger partial charge in [-0.3, -0.25) is 0 Å². The molecule has 102 valence electrons. The van der Waals surface area contributed by atoms with Crippen LogP contribution in [0.25, 0.3) is 0 Å². The summed E-state index contributed by atoms with van der Waals surface area (Å²) in [6.45, 7) is 3.33. The Hall–Kier alpha value is -0.910. The minimum Gasteiger partial charge on any atom is -0.480 e. The van der Waals surface area contributed by atoms with Gasteiger partial charge in [0.1, 0.15) is 6.04 Å². The van der Waals surface area contributed by atoms with E-state index in [0.717, 1.165) is 18.6 Å². The van der Waals surface area contributed by atoms with E-state index in [1.165, 1.54) is 11.3 Å². The summed E-state index contributed by atoms with van der Waals surface area (Å²) in [7, 11) is 0. The van der Waals surface area contributed by atoms with Crippen molar-refractivity contribution < 1.29 is 14.7 Å². The predicted octanol–water partition coefficient (Wildman–Crippen LogP) is 1.53. The van der Waals surface area contributed by atoms with Crippen molar-refractivity contribution in [3.8, 4) is 0 Å². The van der Waals surface area contributed by atoms with Gasteiger partial charge in [0.15, 0.2) is 0 Å². The Morgan fingerprint density at radius 3 is 2.89 bits per heavy atom. The molecule has 0 aromatic carbocycles. The fourth-order valence-electron chi connectivity index (χ4n) is 2.61. The largest absolute Gasteiger partial charge is 0.480 e. The smallest absolute Gasteiger partial charge is 0.326 e. The maximum Gasteiger partial charge on any atom is 0.326 e. The summed E-state index contributed by atoms with van der Waals surface area (Å²) < 4.78 is 0.119. The second-order valence-corrected chi connectivity index (χ2v) is 6.93. The molecule has 2 rings (SSSR count). The van der Waals surface area contributed by atoms with E-state index in [1.807, 2.05) is 11.8 Å². The highest BCUT2D eigenvalue weighted by Gasteiger charge is 2.35. The van der Waals surface area contributed by atoms with Crippen LogP contribution in [-0.4, -0.2) is 51.6 Å². The van der Waals surface area contributed by atoms with E-state index >= 15 is 0 Å². The molecule has 2 fully saturated rings. The Bertz CT molecular complexity index is 342. The van der Waals surface area contributed by atoms with Crippen molar-refractivity contribution in [2.24, 2.45) is 0 Å². The molecular weight excluding hydrogens is 252 g/mol. The molecule has 2 unspecified atom stereocenters. The Kier molecular flexibility index (Phi) is 4.04. The van der Waals surface area contributed by atoms with Gasteiger partial charge in [-0.1, -0.05) is 0 Å². The summed E-state index contributed by atoms with van der Waals surface area (Å²) in [6.07, 6.45) is 3.64. The lowest BCUT2D eigenvalue weighted by molar-refractivity contribution is -0.141. The van der Waals surface area contributed by atoms with Crippen LogP contribution in [0.4, 0.5) is 4.79 Å². The van der Waals surface area contributed by atoms with Crippen molar-refractivity contribution in [1.29, 1.82) is 0 Å². The summed E-state index contributed by atoms with van der Waals surface area (Å²) in [5.74, 6) is 0.248. The number of nitrogens with one attached hydrogen (secondary N) is 1. The van der Waals surface area contributed by atoms with Crippen LogP contribution < -0.4 is 5.32 Å². The lowest BCUT2D eigenvalue weighted by Gasteiger charge is -2.27. The monoisotopic (exact) mass is 272 g/mol. The van der Waals surface area contributed by atoms with Crippen molar-refractivity contribution in [2.45, 2.75) is 43.4 Å². The van der Waals surface area contributed by atoms with Crippen LogP contribution in [0.5, 0.6) is 0 Å². The van der Waals surface area contributed by atoms with Gasteiger partial charge in [-0.15, -0.1) is 0 Å². The van der Waals surface area contributed by atoms with Crippen molar-refractivity contribution in [1.82, 2.24) is 10.2 Å². The zero-order valence-electron chi connectivity index (χ0n) is 10.6. The van der Waals surface area contributed by atoms with Crippen LogP contribution >= 0.6 is 11.8 Å². The summed E-state index contributed by atoms with van der Waals surface area (Å²) in [5.41, 5.74) is 0. The topological polar surface area (TPSA) is 69.6 Å². The summed E-state index contributed by atoms with van der Waals surface area (Å²) in [6, 6.07) is -0.873. The number of carboxylic acids is 1. The first-order valence-corrected chi connectivity index (χ1v) is 7.42. The SMILES string of the molecule is CC1(CNC(=O)N2CCCC2C(=O)O)CCCS1. The van der Waals surface area contributed by atoms with E-state index in [4.69, 9.17) is 5.11 Å². The van der Waals surface area contributed by atoms with Crippen LogP contribution in [0.2, 0.25) is 0 Å². The molecule has 2 aliphatic heterocycles. The quantitative estimate of drug-likeness (QED) is 0.817. The van der Waals surface area contributed by atoms with E-state index in [0.29, 0.717) is 19.5 Å². The highest BCUT2D eigenvalue weighted by molar-refractivity contribution is 8.00. The Labute approximate surface area is 111 Å². The second-order valence-electron chi connectivity index (χ2n) is 5.25. The molecule has 0 aliphatic carbocycles. The van der Waals surface area contributed by atoms with E-state index in [1.54, 1.807) is 0 Å². The van der Waals surface area contributed by atoms with Crippen molar-refractivity contribution in [3.63, 3.8) is 0 Å². The average Bonchev–Trinajstić information content (AvgIpc) is 2.95. The number of carbonyl (C=O) groups excluding carboxylic acids is 1. The minimum atomic E-state index is -0.899. The van der Waals surface area contributed by atoms with Gasteiger partial charge < -0.3 is 15.3 Å². The zero-order valence-corrected chi connectivity index (χ0v) is 11.5. The normalized spacial score (nSPS) is 31.6. The van der Waals surface area contributed by atoms with Gasteiger partial charge in [0, 0.05) is 17.8 Å². The maximum absolute atomic E-state index is 12.0. The number of urea groups is 1. The van der Waals surface area contributed by atoms with Crippen LogP contribution in [0.1, 0.15) is 32.6 Å². The van der Waals surface area contributed by atoms with Gasteiger partial charge >= 0.3 is 12.0 Å².